The molecule has 106 valence electrons. The van der Waals surface area contributed by atoms with Crippen LogP contribution in [-0.2, 0) is 4.79 Å². The maximum absolute atomic E-state index is 10.8. The van der Waals surface area contributed by atoms with E-state index in [0.717, 1.165) is 11.3 Å². The van der Waals surface area contributed by atoms with E-state index in [1.807, 2.05) is 43.3 Å². The van der Waals surface area contributed by atoms with Crippen molar-refractivity contribution in [3.8, 4) is 11.4 Å². The number of anilines is 1. The van der Waals surface area contributed by atoms with Gasteiger partial charge >= 0.3 is 5.97 Å². The van der Waals surface area contributed by atoms with Crippen LogP contribution >= 0.6 is 0 Å². The van der Waals surface area contributed by atoms with Gasteiger partial charge in [0.2, 0.25) is 0 Å². The summed E-state index contributed by atoms with van der Waals surface area (Å²) in [4.78, 5) is 12.8. The van der Waals surface area contributed by atoms with Crippen molar-refractivity contribution in [1.29, 1.82) is 0 Å². The van der Waals surface area contributed by atoms with Gasteiger partial charge in [0, 0.05) is 25.3 Å². The number of aliphatic carboxylic acids is 1. The van der Waals surface area contributed by atoms with Gasteiger partial charge in [-0.05, 0) is 29.5 Å². The summed E-state index contributed by atoms with van der Waals surface area (Å²) in [6.07, 6.45) is -0.0224. The maximum atomic E-state index is 10.8. The Morgan fingerprint density at radius 2 is 2.20 bits per heavy atom. The Labute approximate surface area is 116 Å². The van der Waals surface area contributed by atoms with Gasteiger partial charge < -0.3 is 10.0 Å². The quantitative estimate of drug-likeness (QED) is 0.889. The second-order valence-electron chi connectivity index (χ2n) is 4.84. The lowest BCUT2D eigenvalue weighted by Gasteiger charge is -2.14. The molecule has 1 atom stereocenters. The fourth-order valence-corrected chi connectivity index (χ4v) is 1.94. The zero-order valence-electron chi connectivity index (χ0n) is 11.7. The van der Waals surface area contributed by atoms with Crippen LogP contribution < -0.4 is 4.90 Å². The summed E-state index contributed by atoms with van der Waals surface area (Å²) >= 11 is 0. The smallest absolute Gasteiger partial charge is 0.305 e. The second kappa shape index (κ2) is 5.68. The summed E-state index contributed by atoms with van der Waals surface area (Å²) in [7, 11) is 3.91. The highest BCUT2D eigenvalue weighted by molar-refractivity contribution is 5.67. The third kappa shape index (κ3) is 2.93. The summed E-state index contributed by atoms with van der Waals surface area (Å²) < 4.78 is 1.54. The van der Waals surface area contributed by atoms with Crippen molar-refractivity contribution in [2.75, 3.05) is 19.0 Å². The summed E-state index contributed by atoms with van der Waals surface area (Å²) in [6, 6.07) is 7.47. The molecule has 20 heavy (non-hydrogen) atoms. The standard InChI is InChI=1S/C13H17N5O2/c1-9(7-12(19)20)18-13(14-15-16-18)10-5-4-6-11(8-10)17(2)3/h4-6,8-9H,7H2,1-3H3,(H,19,20). The van der Waals surface area contributed by atoms with E-state index in [2.05, 4.69) is 15.5 Å². The van der Waals surface area contributed by atoms with Crippen LogP contribution in [0.3, 0.4) is 0 Å². The van der Waals surface area contributed by atoms with Crippen molar-refractivity contribution in [3.05, 3.63) is 24.3 Å². The van der Waals surface area contributed by atoms with Crippen LogP contribution in [0.4, 0.5) is 5.69 Å². The number of carboxylic acid groups (broad SMARTS) is 1. The highest BCUT2D eigenvalue weighted by Crippen LogP contribution is 2.24. The molecule has 1 heterocycles. The number of hydrogen-bond acceptors (Lipinski definition) is 5. The Morgan fingerprint density at radius 1 is 1.45 bits per heavy atom. The molecule has 1 N–H and O–H groups in total. The molecule has 1 unspecified atom stereocenters. The summed E-state index contributed by atoms with van der Waals surface area (Å²) in [6.45, 7) is 1.78. The molecule has 0 aliphatic rings. The van der Waals surface area contributed by atoms with Crippen LogP contribution in [-0.4, -0.2) is 45.4 Å². The first kappa shape index (κ1) is 14.0. The van der Waals surface area contributed by atoms with Gasteiger partial charge in [0.15, 0.2) is 5.82 Å². The third-order valence-electron chi connectivity index (χ3n) is 3.00. The molecule has 0 spiro atoms. The van der Waals surface area contributed by atoms with Crippen LogP contribution in [0, 0.1) is 0 Å². The monoisotopic (exact) mass is 275 g/mol. The number of nitrogens with zero attached hydrogens (tertiary/aromatic N) is 5. The molecule has 7 nitrogen and oxygen atoms in total. The molecule has 1 aromatic heterocycles. The lowest BCUT2D eigenvalue weighted by atomic mass is 10.1. The van der Waals surface area contributed by atoms with Crippen LogP contribution in [0.25, 0.3) is 11.4 Å². The largest absolute Gasteiger partial charge is 0.481 e. The van der Waals surface area contributed by atoms with Crippen molar-refractivity contribution < 1.29 is 9.90 Å². The molecule has 0 radical (unpaired) electrons. The number of carboxylic acids is 1. The first-order valence-electron chi connectivity index (χ1n) is 6.26. The van der Waals surface area contributed by atoms with Crippen molar-refractivity contribution in [2.24, 2.45) is 0 Å². The van der Waals surface area contributed by atoms with Gasteiger partial charge in [-0.25, -0.2) is 4.68 Å². The predicted molar refractivity (Wildman–Crippen MR) is 74.5 cm³/mol. The molecule has 0 saturated heterocycles. The van der Waals surface area contributed by atoms with Crippen LogP contribution in [0.15, 0.2) is 24.3 Å². The van der Waals surface area contributed by atoms with E-state index in [1.165, 1.54) is 0 Å². The number of hydrogen-bond donors (Lipinski definition) is 1. The molecular formula is C13H17N5O2. The van der Waals surface area contributed by atoms with Crippen LogP contribution in [0.5, 0.6) is 0 Å². The fraction of sp³-hybridized carbons (Fsp3) is 0.385. The van der Waals surface area contributed by atoms with Crippen molar-refractivity contribution in [3.63, 3.8) is 0 Å². The average molecular weight is 275 g/mol. The minimum absolute atomic E-state index is 0.0224. The van der Waals surface area contributed by atoms with Crippen molar-refractivity contribution in [2.45, 2.75) is 19.4 Å². The normalized spacial score (nSPS) is 12.2. The van der Waals surface area contributed by atoms with Crippen LogP contribution in [0.2, 0.25) is 0 Å². The van der Waals surface area contributed by atoms with E-state index in [-0.39, 0.29) is 12.5 Å². The molecule has 2 aromatic rings. The van der Waals surface area contributed by atoms with Crippen molar-refractivity contribution in [1.82, 2.24) is 20.2 Å². The zero-order chi connectivity index (χ0) is 14.7. The van der Waals surface area contributed by atoms with Gasteiger partial charge in [0.1, 0.15) is 0 Å². The molecule has 2 rings (SSSR count). The topological polar surface area (TPSA) is 84.1 Å². The maximum Gasteiger partial charge on any atom is 0.305 e. The molecule has 0 saturated carbocycles. The van der Waals surface area contributed by atoms with Gasteiger partial charge in [-0.1, -0.05) is 12.1 Å². The number of aromatic nitrogens is 4. The Bertz CT molecular complexity index is 608. The molecule has 0 aliphatic carbocycles. The lowest BCUT2D eigenvalue weighted by Crippen LogP contribution is -2.13. The van der Waals surface area contributed by atoms with Gasteiger partial charge in [-0.15, -0.1) is 5.10 Å². The van der Waals surface area contributed by atoms with E-state index in [0.29, 0.717) is 5.82 Å². The minimum Gasteiger partial charge on any atom is -0.481 e. The minimum atomic E-state index is -0.874. The van der Waals surface area contributed by atoms with Crippen LogP contribution in [0.1, 0.15) is 19.4 Å². The van der Waals surface area contributed by atoms with Gasteiger partial charge in [0.25, 0.3) is 0 Å². The molecule has 1 aromatic carbocycles. The summed E-state index contributed by atoms with van der Waals surface area (Å²) in [5.74, 6) is -0.302. The first-order chi connectivity index (χ1) is 9.49. The molecule has 0 bridgehead atoms. The average Bonchev–Trinajstić information content (AvgIpc) is 2.87. The Hall–Kier alpha value is -2.44. The second-order valence-corrected chi connectivity index (χ2v) is 4.84. The highest BCUT2D eigenvalue weighted by Gasteiger charge is 2.17. The van der Waals surface area contributed by atoms with Gasteiger partial charge in [-0.3, -0.25) is 4.79 Å². The number of benzene rings is 1. The van der Waals surface area contributed by atoms with Gasteiger partial charge in [-0.2, -0.15) is 0 Å². The molecular weight excluding hydrogens is 258 g/mol. The van der Waals surface area contributed by atoms with E-state index < -0.39 is 5.97 Å². The van der Waals surface area contributed by atoms with E-state index in [9.17, 15) is 4.79 Å². The highest BCUT2D eigenvalue weighted by atomic mass is 16.4. The first-order valence-corrected chi connectivity index (χ1v) is 6.26. The van der Waals surface area contributed by atoms with Gasteiger partial charge in [0.05, 0.1) is 12.5 Å². The summed E-state index contributed by atoms with van der Waals surface area (Å²) in [5, 5.41) is 20.4. The lowest BCUT2D eigenvalue weighted by molar-refractivity contribution is -0.137. The number of carbonyl (C=O) groups is 1. The summed E-state index contributed by atoms with van der Waals surface area (Å²) in [5.41, 5.74) is 1.89. The Kier molecular flexibility index (Phi) is 3.97. The molecule has 0 fully saturated rings. The molecule has 0 amide bonds. The third-order valence-corrected chi connectivity index (χ3v) is 3.00. The number of tetrazole rings is 1. The SMILES string of the molecule is CC(CC(=O)O)n1nnnc1-c1cccc(N(C)C)c1. The molecule has 0 aliphatic heterocycles. The van der Waals surface area contributed by atoms with E-state index in [4.69, 9.17) is 5.11 Å². The Morgan fingerprint density at radius 3 is 2.85 bits per heavy atom. The van der Waals surface area contributed by atoms with Crippen molar-refractivity contribution >= 4 is 11.7 Å². The molecule has 7 heteroatoms. The number of rotatable bonds is 5. The predicted octanol–water partition coefficient (Wildman–Crippen LogP) is 1.44. The fourth-order valence-electron chi connectivity index (χ4n) is 1.94. The van der Waals surface area contributed by atoms with E-state index >= 15 is 0 Å². The van der Waals surface area contributed by atoms with E-state index in [1.54, 1.807) is 11.6 Å². The Balaban J connectivity index is 2.36. The zero-order valence-corrected chi connectivity index (χ0v) is 11.7.